The van der Waals surface area contributed by atoms with E-state index in [1.807, 2.05) is 20.8 Å². The van der Waals surface area contributed by atoms with Gasteiger partial charge < -0.3 is 20.3 Å². The number of rotatable bonds is 5. The Morgan fingerprint density at radius 2 is 1.93 bits per heavy atom. The highest BCUT2D eigenvalue weighted by atomic mass is 19.4. The lowest BCUT2D eigenvalue weighted by Crippen LogP contribution is -2.36. The van der Waals surface area contributed by atoms with Gasteiger partial charge in [-0.3, -0.25) is 9.78 Å². The number of alkyl halides is 3. The van der Waals surface area contributed by atoms with Crippen LogP contribution in [0.15, 0.2) is 41.7 Å². The summed E-state index contributed by atoms with van der Waals surface area (Å²) >= 11 is 0. The SMILES string of the molecule is CC(C)(C)Nc1nc(Nc2cnccn2)cc2ccn(CC(O)C(F)(F)F)c(=O)c12. The van der Waals surface area contributed by atoms with Gasteiger partial charge in [0.2, 0.25) is 0 Å². The van der Waals surface area contributed by atoms with Crippen LogP contribution in [0.3, 0.4) is 0 Å². The van der Waals surface area contributed by atoms with E-state index in [1.54, 1.807) is 6.07 Å². The quantitative estimate of drug-likeness (QED) is 0.580. The van der Waals surface area contributed by atoms with Crippen LogP contribution in [0, 0.1) is 0 Å². The maximum Gasteiger partial charge on any atom is 0.416 e. The largest absolute Gasteiger partial charge is 0.416 e. The number of halogens is 3. The van der Waals surface area contributed by atoms with Crippen LogP contribution in [-0.2, 0) is 6.54 Å². The van der Waals surface area contributed by atoms with E-state index < -0.39 is 29.9 Å². The van der Waals surface area contributed by atoms with Crippen molar-refractivity contribution in [3.63, 3.8) is 0 Å². The topological polar surface area (TPSA) is 105 Å². The molecule has 3 N–H and O–H groups in total. The number of anilines is 3. The van der Waals surface area contributed by atoms with Crippen molar-refractivity contribution in [1.82, 2.24) is 19.5 Å². The van der Waals surface area contributed by atoms with Crippen LogP contribution in [0.25, 0.3) is 10.8 Å². The number of hydrogen-bond acceptors (Lipinski definition) is 7. The number of aliphatic hydroxyl groups is 1. The van der Waals surface area contributed by atoms with Crippen molar-refractivity contribution in [3.05, 3.63) is 47.3 Å². The van der Waals surface area contributed by atoms with Gasteiger partial charge in [-0.1, -0.05) is 0 Å². The fourth-order valence-electron chi connectivity index (χ4n) is 2.74. The second-order valence-corrected chi connectivity index (χ2v) is 7.74. The van der Waals surface area contributed by atoms with Crippen LogP contribution in [0.5, 0.6) is 0 Å². The monoisotopic (exact) mass is 422 g/mol. The maximum absolute atomic E-state index is 12.9. The fourth-order valence-corrected chi connectivity index (χ4v) is 2.74. The third-order valence-corrected chi connectivity index (χ3v) is 4.02. The van der Waals surface area contributed by atoms with Crippen LogP contribution in [0.2, 0.25) is 0 Å². The Morgan fingerprint density at radius 3 is 2.53 bits per heavy atom. The van der Waals surface area contributed by atoms with Gasteiger partial charge in [0.1, 0.15) is 17.5 Å². The normalized spacial score (nSPS) is 13.3. The zero-order valence-electron chi connectivity index (χ0n) is 16.5. The number of fused-ring (bicyclic) bond motifs is 1. The molecule has 0 aliphatic rings. The van der Waals surface area contributed by atoms with Crippen LogP contribution in [0.4, 0.5) is 30.6 Å². The zero-order valence-corrected chi connectivity index (χ0v) is 16.5. The molecule has 0 bridgehead atoms. The van der Waals surface area contributed by atoms with Crippen LogP contribution >= 0.6 is 0 Å². The smallest absolute Gasteiger partial charge is 0.382 e. The van der Waals surface area contributed by atoms with Crippen LogP contribution in [-0.4, -0.2) is 42.4 Å². The molecule has 1 atom stereocenters. The number of aromatic nitrogens is 4. The lowest BCUT2D eigenvalue weighted by molar-refractivity contribution is -0.207. The molecular formula is C19H21F3N6O2. The molecule has 0 radical (unpaired) electrons. The summed E-state index contributed by atoms with van der Waals surface area (Å²) in [5.74, 6) is 1.02. The molecule has 0 spiro atoms. The molecule has 0 saturated heterocycles. The standard InChI is InChI=1S/C19H21F3N6O2/c1-18(2,3)27-16-15-11(8-13(26-16)25-14-9-23-5-6-24-14)4-7-28(17(15)30)10-12(29)19(20,21)22/h4-9,12,29H,10H2,1-3H3,(H2,24,25,26,27). The average Bonchev–Trinajstić information content (AvgIpc) is 2.62. The Labute approximate surface area is 169 Å². The van der Waals surface area contributed by atoms with Crippen molar-refractivity contribution >= 4 is 28.2 Å². The molecule has 0 fully saturated rings. The van der Waals surface area contributed by atoms with Gasteiger partial charge in [0, 0.05) is 24.1 Å². The predicted molar refractivity (Wildman–Crippen MR) is 107 cm³/mol. The molecule has 3 rings (SSSR count). The molecule has 0 amide bonds. The molecule has 3 heterocycles. The molecule has 30 heavy (non-hydrogen) atoms. The number of nitrogens with one attached hydrogen (secondary N) is 2. The molecule has 0 saturated carbocycles. The first kappa shape index (κ1) is 21.5. The Bertz CT molecular complexity index is 1090. The van der Waals surface area contributed by atoms with E-state index in [1.165, 1.54) is 30.9 Å². The minimum atomic E-state index is -4.83. The molecule has 1 unspecified atom stereocenters. The summed E-state index contributed by atoms with van der Waals surface area (Å²) < 4.78 is 39.0. The summed E-state index contributed by atoms with van der Waals surface area (Å²) in [5.41, 5.74) is -1.18. The summed E-state index contributed by atoms with van der Waals surface area (Å²) in [6, 6.07) is 3.08. The van der Waals surface area contributed by atoms with Crippen molar-refractivity contribution < 1.29 is 18.3 Å². The van der Waals surface area contributed by atoms with E-state index >= 15 is 0 Å². The summed E-state index contributed by atoms with van der Waals surface area (Å²) in [7, 11) is 0. The highest BCUT2D eigenvalue weighted by Crippen LogP contribution is 2.26. The summed E-state index contributed by atoms with van der Waals surface area (Å²) in [5, 5.41) is 16.0. The van der Waals surface area contributed by atoms with Crippen molar-refractivity contribution in [2.24, 2.45) is 0 Å². The van der Waals surface area contributed by atoms with E-state index in [-0.39, 0.29) is 11.2 Å². The molecule has 160 valence electrons. The minimum Gasteiger partial charge on any atom is -0.382 e. The maximum atomic E-state index is 12.9. The van der Waals surface area contributed by atoms with E-state index in [2.05, 4.69) is 25.6 Å². The first-order chi connectivity index (χ1) is 13.9. The zero-order chi connectivity index (χ0) is 22.1. The van der Waals surface area contributed by atoms with Gasteiger partial charge in [0.05, 0.1) is 18.1 Å². The highest BCUT2D eigenvalue weighted by Gasteiger charge is 2.38. The molecule has 0 aromatic carbocycles. The first-order valence-electron chi connectivity index (χ1n) is 9.04. The van der Waals surface area contributed by atoms with Crippen molar-refractivity contribution in [2.45, 2.75) is 45.1 Å². The second-order valence-electron chi connectivity index (χ2n) is 7.74. The van der Waals surface area contributed by atoms with E-state index in [9.17, 15) is 23.1 Å². The molecule has 3 aromatic rings. The van der Waals surface area contributed by atoms with E-state index in [4.69, 9.17) is 0 Å². The van der Waals surface area contributed by atoms with Gasteiger partial charge in [0.15, 0.2) is 6.10 Å². The Morgan fingerprint density at radius 1 is 1.20 bits per heavy atom. The Hall–Kier alpha value is -3.21. The van der Waals surface area contributed by atoms with Gasteiger partial charge in [0.25, 0.3) is 5.56 Å². The molecule has 3 aromatic heterocycles. The first-order valence-corrected chi connectivity index (χ1v) is 9.04. The Balaban J connectivity index is 2.10. The lowest BCUT2D eigenvalue weighted by Gasteiger charge is -2.23. The van der Waals surface area contributed by atoms with Crippen molar-refractivity contribution in [3.8, 4) is 0 Å². The van der Waals surface area contributed by atoms with Gasteiger partial charge in [-0.05, 0) is 38.3 Å². The Kier molecular flexibility index (Phi) is 5.66. The summed E-state index contributed by atoms with van der Waals surface area (Å²) in [6.07, 6.45) is -1.75. The number of aliphatic hydroxyl groups excluding tert-OH is 1. The van der Waals surface area contributed by atoms with E-state index in [0.29, 0.717) is 17.0 Å². The fraction of sp³-hybridized carbons (Fsp3) is 0.368. The van der Waals surface area contributed by atoms with Crippen LogP contribution < -0.4 is 16.2 Å². The minimum absolute atomic E-state index is 0.117. The lowest BCUT2D eigenvalue weighted by atomic mass is 10.1. The number of nitrogens with zero attached hydrogens (tertiary/aromatic N) is 4. The van der Waals surface area contributed by atoms with Crippen LogP contribution in [0.1, 0.15) is 20.8 Å². The van der Waals surface area contributed by atoms with E-state index in [0.717, 1.165) is 4.57 Å². The van der Waals surface area contributed by atoms with Gasteiger partial charge >= 0.3 is 6.18 Å². The molecule has 8 nitrogen and oxygen atoms in total. The average molecular weight is 422 g/mol. The van der Waals surface area contributed by atoms with Gasteiger partial charge in [-0.25, -0.2) is 9.97 Å². The number of hydrogen-bond donors (Lipinski definition) is 3. The molecule has 0 aliphatic carbocycles. The summed E-state index contributed by atoms with van der Waals surface area (Å²) in [6.45, 7) is 4.67. The summed E-state index contributed by atoms with van der Waals surface area (Å²) in [4.78, 5) is 25.4. The van der Waals surface area contributed by atoms with Gasteiger partial charge in [-0.2, -0.15) is 13.2 Å². The molecule has 11 heteroatoms. The third-order valence-electron chi connectivity index (χ3n) is 4.02. The van der Waals surface area contributed by atoms with Crippen molar-refractivity contribution in [2.75, 3.05) is 10.6 Å². The molecular weight excluding hydrogens is 401 g/mol. The third kappa shape index (κ3) is 5.03. The second kappa shape index (κ2) is 7.90. The predicted octanol–water partition coefficient (Wildman–Crippen LogP) is 3.06. The number of pyridine rings is 2. The highest BCUT2D eigenvalue weighted by molar-refractivity contribution is 5.93. The van der Waals surface area contributed by atoms with Gasteiger partial charge in [-0.15, -0.1) is 0 Å². The molecule has 0 aliphatic heterocycles. The van der Waals surface area contributed by atoms with Crippen molar-refractivity contribution in [1.29, 1.82) is 0 Å².